The van der Waals surface area contributed by atoms with Gasteiger partial charge in [-0.15, -0.1) is 11.3 Å². The number of carbonyl (C=O) groups excluding carboxylic acids is 1. The van der Waals surface area contributed by atoms with Gasteiger partial charge in [-0.3, -0.25) is 9.52 Å². The van der Waals surface area contributed by atoms with Crippen molar-refractivity contribution in [2.24, 2.45) is 0 Å². The first-order valence-corrected chi connectivity index (χ1v) is 13.3. The van der Waals surface area contributed by atoms with Crippen LogP contribution >= 0.6 is 23.3 Å². The van der Waals surface area contributed by atoms with Crippen molar-refractivity contribution in [1.29, 1.82) is 5.26 Å². The van der Waals surface area contributed by atoms with Crippen LogP contribution in [0.15, 0.2) is 48.5 Å². The Balaban J connectivity index is 0.000000751. The van der Waals surface area contributed by atoms with Gasteiger partial charge < -0.3 is 9.64 Å². The Labute approximate surface area is 210 Å². The van der Waals surface area contributed by atoms with Crippen LogP contribution in [-0.2, 0) is 6.54 Å². The van der Waals surface area contributed by atoms with Gasteiger partial charge in [0.15, 0.2) is 11.4 Å². The number of aromatic nitrogens is 1. The molecule has 0 amide bonds. The van der Waals surface area contributed by atoms with E-state index in [2.05, 4.69) is 32.8 Å². The standard InChI is InChI=1S/C24H23N3O2S.C2H7NS/c1-17-23(16-28)26-24(30-17)27(20-10-6-18(14-25)7-11-20)15-19-8-12-22(13-9-19)29-21-4-2-3-5-21;1-3-4-2/h6-13,16,21H,2-5,15H2,1H3;3H,1-2H3. The molecular formula is C26H30N4O2S2. The molecule has 1 saturated carbocycles. The van der Waals surface area contributed by atoms with E-state index in [1.54, 1.807) is 24.1 Å². The number of ether oxygens (including phenoxy) is 1. The molecule has 1 N–H and O–H groups in total. The highest BCUT2D eigenvalue weighted by atomic mass is 32.2. The van der Waals surface area contributed by atoms with Crippen LogP contribution < -0.4 is 14.4 Å². The lowest BCUT2D eigenvalue weighted by atomic mass is 10.1. The summed E-state index contributed by atoms with van der Waals surface area (Å²) in [6.45, 7) is 2.50. The van der Waals surface area contributed by atoms with Crippen LogP contribution in [0.2, 0.25) is 0 Å². The first-order chi connectivity index (χ1) is 16.6. The first kappa shape index (κ1) is 25.8. The number of rotatable bonds is 8. The molecule has 6 nitrogen and oxygen atoms in total. The molecule has 0 saturated heterocycles. The molecule has 4 rings (SSSR count). The Morgan fingerprint density at radius 1 is 1.21 bits per heavy atom. The maximum atomic E-state index is 11.3. The highest BCUT2D eigenvalue weighted by Crippen LogP contribution is 2.33. The Morgan fingerprint density at radius 2 is 1.85 bits per heavy atom. The fourth-order valence-corrected chi connectivity index (χ4v) is 4.55. The molecule has 0 radical (unpaired) electrons. The molecule has 0 bridgehead atoms. The van der Waals surface area contributed by atoms with Crippen LogP contribution in [0.1, 0.15) is 52.2 Å². The normalized spacial score (nSPS) is 13.0. The molecule has 178 valence electrons. The van der Waals surface area contributed by atoms with Crippen LogP contribution in [0.25, 0.3) is 0 Å². The average Bonchev–Trinajstić information content (AvgIpc) is 3.53. The van der Waals surface area contributed by atoms with E-state index in [4.69, 9.17) is 10.00 Å². The van der Waals surface area contributed by atoms with Gasteiger partial charge >= 0.3 is 0 Å². The smallest absolute Gasteiger partial charge is 0.191 e. The molecule has 1 fully saturated rings. The van der Waals surface area contributed by atoms with Crippen molar-refractivity contribution in [2.45, 2.75) is 45.3 Å². The number of nitrogens with one attached hydrogen (secondary N) is 1. The van der Waals surface area contributed by atoms with Gasteiger partial charge in [-0.1, -0.05) is 24.1 Å². The number of nitrogens with zero attached hydrogens (tertiary/aromatic N) is 3. The zero-order valence-electron chi connectivity index (χ0n) is 19.8. The van der Waals surface area contributed by atoms with Crippen molar-refractivity contribution >= 4 is 40.4 Å². The molecule has 3 aromatic rings. The molecular weight excluding hydrogens is 464 g/mol. The van der Waals surface area contributed by atoms with Gasteiger partial charge in [-0.2, -0.15) is 5.26 Å². The van der Waals surface area contributed by atoms with E-state index in [9.17, 15) is 4.79 Å². The highest BCUT2D eigenvalue weighted by molar-refractivity contribution is 7.96. The van der Waals surface area contributed by atoms with Gasteiger partial charge in [0, 0.05) is 10.6 Å². The summed E-state index contributed by atoms with van der Waals surface area (Å²) in [5.74, 6) is 0.906. The Hall–Kier alpha value is -2.86. The lowest BCUT2D eigenvalue weighted by Gasteiger charge is -2.22. The summed E-state index contributed by atoms with van der Waals surface area (Å²) in [5.41, 5.74) is 3.11. The van der Waals surface area contributed by atoms with Gasteiger partial charge in [0.1, 0.15) is 11.4 Å². The summed E-state index contributed by atoms with van der Waals surface area (Å²) in [6.07, 6.45) is 7.89. The zero-order valence-corrected chi connectivity index (χ0v) is 21.4. The summed E-state index contributed by atoms with van der Waals surface area (Å²) in [6, 6.07) is 17.7. The molecule has 1 aliphatic carbocycles. The number of nitriles is 1. The van der Waals surface area contributed by atoms with Crippen molar-refractivity contribution < 1.29 is 9.53 Å². The van der Waals surface area contributed by atoms with E-state index in [0.29, 0.717) is 23.9 Å². The first-order valence-electron chi connectivity index (χ1n) is 11.2. The van der Waals surface area contributed by atoms with Crippen molar-refractivity contribution in [3.8, 4) is 11.8 Å². The van der Waals surface area contributed by atoms with E-state index < -0.39 is 0 Å². The number of thiazole rings is 1. The van der Waals surface area contributed by atoms with Gasteiger partial charge in [-0.05, 0) is 87.9 Å². The lowest BCUT2D eigenvalue weighted by molar-refractivity contribution is 0.111. The summed E-state index contributed by atoms with van der Waals surface area (Å²) in [7, 11) is 1.89. The molecule has 0 aliphatic heterocycles. The third kappa shape index (κ3) is 7.07. The van der Waals surface area contributed by atoms with Crippen LogP contribution in [0.3, 0.4) is 0 Å². The van der Waals surface area contributed by atoms with E-state index in [1.807, 2.05) is 44.5 Å². The number of hydrogen-bond acceptors (Lipinski definition) is 8. The maximum Gasteiger partial charge on any atom is 0.191 e. The van der Waals surface area contributed by atoms with Crippen LogP contribution in [0, 0.1) is 18.3 Å². The molecule has 1 aliphatic rings. The van der Waals surface area contributed by atoms with E-state index in [1.165, 1.54) is 24.2 Å². The summed E-state index contributed by atoms with van der Waals surface area (Å²) < 4.78 is 8.92. The van der Waals surface area contributed by atoms with Crippen molar-refractivity contribution in [1.82, 2.24) is 9.71 Å². The van der Waals surface area contributed by atoms with Gasteiger partial charge in [-0.25, -0.2) is 4.98 Å². The van der Waals surface area contributed by atoms with E-state index in [0.717, 1.165) is 46.1 Å². The molecule has 0 atom stereocenters. The zero-order chi connectivity index (χ0) is 24.3. The Bertz CT molecular complexity index is 1080. The van der Waals surface area contributed by atoms with Gasteiger partial charge in [0.25, 0.3) is 0 Å². The third-order valence-corrected chi connectivity index (χ3v) is 6.96. The number of benzene rings is 2. The van der Waals surface area contributed by atoms with Crippen molar-refractivity contribution in [2.75, 3.05) is 18.2 Å². The number of aldehydes is 1. The van der Waals surface area contributed by atoms with Crippen LogP contribution in [-0.4, -0.2) is 30.7 Å². The molecule has 1 aromatic heterocycles. The SMILES string of the molecule is CNSC.Cc1sc(N(Cc2ccc(OC3CCCC3)cc2)c2ccc(C#N)cc2)nc1C=O. The average molecular weight is 495 g/mol. The van der Waals surface area contributed by atoms with Crippen molar-refractivity contribution in [3.63, 3.8) is 0 Å². The molecule has 2 aromatic carbocycles. The molecule has 34 heavy (non-hydrogen) atoms. The Kier molecular flexibility index (Phi) is 9.95. The van der Waals surface area contributed by atoms with E-state index in [-0.39, 0.29) is 0 Å². The quantitative estimate of drug-likeness (QED) is 0.292. The predicted octanol–water partition coefficient (Wildman–Crippen LogP) is 6.28. The number of aryl methyl sites for hydroxylation is 1. The van der Waals surface area contributed by atoms with Gasteiger partial charge in [0.05, 0.1) is 24.3 Å². The Morgan fingerprint density at radius 3 is 2.38 bits per heavy atom. The minimum Gasteiger partial charge on any atom is -0.490 e. The van der Waals surface area contributed by atoms with Crippen molar-refractivity contribution in [3.05, 3.63) is 70.2 Å². The van der Waals surface area contributed by atoms with Gasteiger partial charge in [0.2, 0.25) is 0 Å². The van der Waals surface area contributed by atoms with Crippen LogP contribution in [0.4, 0.5) is 10.8 Å². The minimum atomic E-state index is 0.339. The molecule has 0 spiro atoms. The second kappa shape index (κ2) is 13.1. The number of carbonyl (C=O) groups is 1. The molecule has 0 unspecified atom stereocenters. The van der Waals surface area contributed by atoms with E-state index >= 15 is 0 Å². The number of hydrogen-bond donors (Lipinski definition) is 1. The monoisotopic (exact) mass is 494 g/mol. The number of anilines is 2. The summed E-state index contributed by atoms with van der Waals surface area (Å²) in [5, 5.41) is 9.85. The maximum absolute atomic E-state index is 11.3. The third-order valence-electron chi connectivity index (χ3n) is 5.54. The predicted molar refractivity (Wildman–Crippen MR) is 141 cm³/mol. The second-order valence-electron chi connectivity index (χ2n) is 7.88. The molecule has 8 heteroatoms. The highest BCUT2D eigenvalue weighted by Gasteiger charge is 2.18. The molecule has 1 heterocycles. The second-order valence-corrected chi connectivity index (χ2v) is 9.88. The van der Waals surface area contributed by atoms with Crippen LogP contribution in [0.5, 0.6) is 5.75 Å². The fraction of sp³-hybridized carbons (Fsp3) is 0.346. The fourth-order valence-electron chi connectivity index (χ4n) is 3.66. The summed E-state index contributed by atoms with van der Waals surface area (Å²) >= 11 is 3.10. The minimum absolute atomic E-state index is 0.339. The largest absolute Gasteiger partial charge is 0.490 e. The lowest BCUT2D eigenvalue weighted by Crippen LogP contribution is -2.16. The topological polar surface area (TPSA) is 78.2 Å². The summed E-state index contributed by atoms with van der Waals surface area (Å²) in [4.78, 5) is 18.8.